The lowest BCUT2D eigenvalue weighted by molar-refractivity contribution is -0.131. The Labute approximate surface area is 99.8 Å². The van der Waals surface area contributed by atoms with Crippen molar-refractivity contribution in [2.45, 2.75) is 18.9 Å². The van der Waals surface area contributed by atoms with Crippen LogP contribution in [0.15, 0.2) is 0 Å². The van der Waals surface area contributed by atoms with E-state index in [1.165, 1.54) is 12.0 Å². The van der Waals surface area contributed by atoms with E-state index in [-0.39, 0.29) is 25.0 Å². The van der Waals surface area contributed by atoms with Crippen LogP contribution in [0, 0.1) is 0 Å². The molecule has 1 amide bonds. The molecule has 0 heterocycles. The minimum atomic E-state index is -2.50. The average Bonchev–Trinajstić information content (AvgIpc) is 2.23. The second-order valence-electron chi connectivity index (χ2n) is 3.71. The maximum atomic E-state index is 11.7. The van der Waals surface area contributed by atoms with Crippen molar-refractivity contribution in [3.63, 3.8) is 0 Å². The molecule has 0 fully saturated rings. The molecule has 0 saturated heterocycles. The molecule has 1 unspecified atom stereocenters. The van der Waals surface area contributed by atoms with Crippen LogP contribution in [-0.4, -0.2) is 63.8 Å². The molecule has 5 nitrogen and oxygen atoms in total. The van der Waals surface area contributed by atoms with Gasteiger partial charge < -0.3 is 20.1 Å². The van der Waals surface area contributed by atoms with Crippen molar-refractivity contribution in [1.82, 2.24) is 4.90 Å². The van der Waals surface area contributed by atoms with Gasteiger partial charge in [-0.25, -0.2) is 8.78 Å². The Bertz CT molecular complexity index is 218. The number of amides is 1. The number of carbonyl (C=O) groups excluding carboxylic acids is 1. The minimum absolute atomic E-state index is 0.00692. The van der Waals surface area contributed by atoms with Gasteiger partial charge in [0.25, 0.3) is 6.43 Å². The highest BCUT2D eigenvalue weighted by atomic mass is 19.3. The van der Waals surface area contributed by atoms with E-state index in [0.29, 0.717) is 13.2 Å². The highest BCUT2D eigenvalue weighted by Gasteiger charge is 2.12. The lowest BCUT2D eigenvalue weighted by Crippen LogP contribution is -2.41. The Kier molecular flexibility index (Phi) is 8.83. The summed E-state index contributed by atoms with van der Waals surface area (Å²) in [5.41, 5.74) is 5.67. The van der Waals surface area contributed by atoms with E-state index < -0.39 is 13.0 Å². The van der Waals surface area contributed by atoms with E-state index in [4.69, 9.17) is 10.5 Å². The second kappa shape index (κ2) is 9.26. The third-order valence-corrected chi connectivity index (χ3v) is 2.02. The fourth-order valence-electron chi connectivity index (χ4n) is 1.24. The summed E-state index contributed by atoms with van der Waals surface area (Å²) in [4.78, 5) is 12.9. The van der Waals surface area contributed by atoms with Crippen LogP contribution in [0.5, 0.6) is 0 Å². The summed E-state index contributed by atoms with van der Waals surface area (Å²) in [6.45, 7) is 0.0776. The molecule has 0 aliphatic carbocycles. The zero-order valence-electron chi connectivity index (χ0n) is 10.2. The molecular weight excluding hydrogens is 234 g/mol. The van der Waals surface area contributed by atoms with Gasteiger partial charge >= 0.3 is 0 Å². The summed E-state index contributed by atoms with van der Waals surface area (Å²) < 4.78 is 32.9. The summed E-state index contributed by atoms with van der Waals surface area (Å²) >= 11 is 0. The van der Waals surface area contributed by atoms with Crippen LogP contribution in [-0.2, 0) is 14.3 Å². The zero-order valence-corrected chi connectivity index (χ0v) is 10.2. The first kappa shape index (κ1) is 16.2. The van der Waals surface area contributed by atoms with Crippen LogP contribution >= 0.6 is 0 Å². The van der Waals surface area contributed by atoms with Crippen molar-refractivity contribution in [3.8, 4) is 0 Å². The molecule has 0 aliphatic heterocycles. The Morgan fingerprint density at radius 1 is 1.41 bits per heavy atom. The number of methoxy groups -OCH3 is 1. The van der Waals surface area contributed by atoms with E-state index in [1.54, 1.807) is 7.05 Å². The smallest absolute Gasteiger partial charge is 0.261 e. The largest absolute Gasteiger partial charge is 0.383 e. The molecule has 0 bridgehead atoms. The highest BCUT2D eigenvalue weighted by molar-refractivity contribution is 5.75. The molecule has 7 heteroatoms. The molecule has 0 aromatic heterocycles. The number of alkyl halides is 2. The van der Waals surface area contributed by atoms with Gasteiger partial charge in [-0.1, -0.05) is 0 Å². The predicted molar refractivity (Wildman–Crippen MR) is 58.9 cm³/mol. The zero-order chi connectivity index (χ0) is 13.3. The first-order valence-electron chi connectivity index (χ1n) is 5.31. The number of hydrogen-bond acceptors (Lipinski definition) is 4. The van der Waals surface area contributed by atoms with Crippen molar-refractivity contribution >= 4 is 5.91 Å². The lowest BCUT2D eigenvalue weighted by Gasteiger charge is -2.21. The molecule has 0 spiro atoms. The first-order valence-corrected chi connectivity index (χ1v) is 5.31. The molecule has 0 aromatic carbocycles. The minimum Gasteiger partial charge on any atom is -0.383 e. The molecule has 0 aliphatic rings. The van der Waals surface area contributed by atoms with Crippen LogP contribution in [0.2, 0.25) is 0 Å². The maximum Gasteiger partial charge on any atom is 0.261 e. The van der Waals surface area contributed by atoms with E-state index in [9.17, 15) is 13.6 Å². The van der Waals surface area contributed by atoms with Gasteiger partial charge in [-0.05, 0) is 0 Å². The van der Waals surface area contributed by atoms with Crippen LogP contribution in [0.25, 0.3) is 0 Å². The molecular formula is C10H20F2N2O3. The average molecular weight is 254 g/mol. The van der Waals surface area contributed by atoms with Gasteiger partial charge in [0.1, 0.15) is 6.61 Å². The van der Waals surface area contributed by atoms with Crippen molar-refractivity contribution in [3.05, 3.63) is 0 Å². The highest BCUT2D eigenvalue weighted by Crippen LogP contribution is 1.97. The maximum absolute atomic E-state index is 11.7. The quantitative estimate of drug-likeness (QED) is 0.592. The molecule has 102 valence electrons. The fraction of sp³-hybridized carbons (Fsp3) is 0.900. The van der Waals surface area contributed by atoms with Crippen molar-refractivity contribution in [1.29, 1.82) is 0 Å². The van der Waals surface area contributed by atoms with Gasteiger partial charge in [-0.15, -0.1) is 0 Å². The third kappa shape index (κ3) is 8.96. The number of ether oxygens (including phenoxy) is 2. The topological polar surface area (TPSA) is 64.8 Å². The summed E-state index contributed by atoms with van der Waals surface area (Å²) in [5, 5.41) is 0. The molecule has 1 atom stereocenters. The number of nitrogens with zero attached hydrogens (tertiary/aromatic N) is 1. The summed E-state index contributed by atoms with van der Waals surface area (Å²) in [7, 11) is 3.13. The van der Waals surface area contributed by atoms with E-state index in [0.717, 1.165) is 0 Å². The van der Waals surface area contributed by atoms with Gasteiger partial charge in [0, 0.05) is 26.7 Å². The lowest BCUT2D eigenvalue weighted by atomic mass is 10.3. The molecule has 0 saturated carbocycles. The SMILES string of the molecule is COCC(N)CN(C)C(=O)CCOCC(F)F. The Balaban J connectivity index is 3.67. The van der Waals surface area contributed by atoms with Crippen LogP contribution in [0.3, 0.4) is 0 Å². The number of nitrogens with two attached hydrogens (primary N) is 1. The second-order valence-corrected chi connectivity index (χ2v) is 3.71. The standard InChI is InChI=1S/C10H20F2N2O3/c1-14(5-8(13)6-16-2)10(15)3-4-17-7-9(11)12/h8-9H,3-7,13H2,1-2H3. The van der Waals surface area contributed by atoms with Crippen LogP contribution < -0.4 is 5.73 Å². The number of likely N-dealkylation sites (N-methyl/N-ethyl adjacent to an activating group) is 1. The molecule has 0 radical (unpaired) electrons. The third-order valence-electron chi connectivity index (χ3n) is 2.02. The summed E-state index contributed by atoms with van der Waals surface area (Å²) in [6, 6.07) is -0.254. The number of halogens is 2. The molecule has 2 N–H and O–H groups in total. The van der Waals surface area contributed by atoms with Gasteiger partial charge in [0.2, 0.25) is 5.91 Å². The van der Waals surface area contributed by atoms with E-state index in [2.05, 4.69) is 4.74 Å². The number of rotatable bonds is 9. The Morgan fingerprint density at radius 3 is 2.59 bits per heavy atom. The summed E-state index contributed by atoms with van der Waals surface area (Å²) in [5.74, 6) is -0.189. The normalized spacial score (nSPS) is 12.8. The molecule has 17 heavy (non-hydrogen) atoms. The van der Waals surface area contributed by atoms with Crippen molar-refractivity contribution < 1.29 is 23.0 Å². The molecule has 0 aromatic rings. The Morgan fingerprint density at radius 2 is 2.06 bits per heavy atom. The molecule has 0 rings (SSSR count). The Hall–Kier alpha value is -0.790. The summed E-state index contributed by atoms with van der Waals surface area (Å²) in [6.07, 6.45) is -2.43. The van der Waals surface area contributed by atoms with Gasteiger partial charge in [0.05, 0.1) is 19.6 Å². The van der Waals surface area contributed by atoms with E-state index in [1.807, 2.05) is 0 Å². The fourth-order valence-corrected chi connectivity index (χ4v) is 1.24. The van der Waals surface area contributed by atoms with Gasteiger partial charge in [-0.3, -0.25) is 4.79 Å². The van der Waals surface area contributed by atoms with Crippen molar-refractivity contribution in [2.24, 2.45) is 5.73 Å². The van der Waals surface area contributed by atoms with Crippen LogP contribution in [0.4, 0.5) is 8.78 Å². The number of carbonyl (C=O) groups is 1. The van der Waals surface area contributed by atoms with Gasteiger partial charge in [0.15, 0.2) is 0 Å². The van der Waals surface area contributed by atoms with Gasteiger partial charge in [-0.2, -0.15) is 0 Å². The van der Waals surface area contributed by atoms with Crippen LogP contribution in [0.1, 0.15) is 6.42 Å². The monoisotopic (exact) mass is 254 g/mol. The van der Waals surface area contributed by atoms with E-state index >= 15 is 0 Å². The first-order chi connectivity index (χ1) is 7.97. The predicted octanol–water partition coefficient (Wildman–Crippen LogP) is 0.0903. The van der Waals surface area contributed by atoms with Crippen molar-refractivity contribution in [2.75, 3.05) is 40.5 Å². The number of hydrogen-bond donors (Lipinski definition) is 1.